The van der Waals surface area contributed by atoms with Gasteiger partial charge in [-0.2, -0.15) is 0 Å². The average molecular weight is 335 g/mol. The first-order chi connectivity index (χ1) is 11.6. The molecule has 1 N–H and O–H groups in total. The fourth-order valence-corrected chi connectivity index (χ4v) is 2.88. The standard InChI is InChI=1S/C18H25NO5/c1-4-9-24-16-6-5-13(10-17(16)22-2)12-19-8-7-14(20)11-15(19)18(21)23-3/h4-6,10,14-15,20H,1,7-9,11-12H2,2-3H3/t14-,15+/m1/s1. The number of aliphatic hydroxyl groups excluding tert-OH is 1. The van der Waals surface area contributed by atoms with Crippen LogP contribution in [0.5, 0.6) is 11.5 Å². The number of aliphatic hydroxyl groups is 1. The molecule has 6 heteroatoms. The fourth-order valence-electron chi connectivity index (χ4n) is 2.88. The molecule has 2 atom stereocenters. The molecule has 132 valence electrons. The van der Waals surface area contributed by atoms with Crippen LogP contribution in [0.2, 0.25) is 0 Å². The second kappa shape index (κ2) is 8.70. The number of esters is 1. The third-order valence-electron chi connectivity index (χ3n) is 4.13. The van der Waals surface area contributed by atoms with E-state index in [1.165, 1.54) is 7.11 Å². The minimum atomic E-state index is -0.463. The number of methoxy groups -OCH3 is 2. The molecular weight excluding hydrogens is 310 g/mol. The van der Waals surface area contributed by atoms with E-state index in [4.69, 9.17) is 14.2 Å². The summed E-state index contributed by atoms with van der Waals surface area (Å²) in [6, 6.07) is 5.27. The lowest BCUT2D eigenvalue weighted by atomic mass is 9.98. The van der Waals surface area contributed by atoms with Crippen LogP contribution in [0.4, 0.5) is 0 Å². The van der Waals surface area contributed by atoms with Gasteiger partial charge in [-0.3, -0.25) is 9.69 Å². The van der Waals surface area contributed by atoms with Gasteiger partial charge in [-0.15, -0.1) is 0 Å². The highest BCUT2D eigenvalue weighted by Gasteiger charge is 2.33. The maximum absolute atomic E-state index is 12.0. The minimum absolute atomic E-state index is 0.313. The Morgan fingerprint density at radius 1 is 1.42 bits per heavy atom. The second-order valence-corrected chi connectivity index (χ2v) is 5.77. The molecule has 0 aliphatic carbocycles. The Hall–Kier alpha value is -2.05. The number of rotatable bonds is 7. The van der Waals surface area contributed by atoms with E-state index in [1.807, 2.05) is 23.1 Å². The molecule has 1 aromatic rings. The van der Waals surface area contributed by atoms with Crippen molar-refractivity contribution in [2.75, 3.05) is 27.4 Å². The predicted octanol–water partition coefficient (Wildman–Crippen LogP) is 1.76. The summed E-state index contributed by atoms with van der Waals surface area (Å²) in [6.07, 6.45) is 2.25. The first-order valence-electron chi connectivity index (χ1n) is 7.99. The van der Waals surface area contributed by atoms with E-state index in [0.717, 1.165) is 5.56 Å². The van der Waals surface area contributed by atoms with Crippen LogP contribution in [0.15, 0.2) is 30.9 Å². The molecule has 0 radical (unpaired) electrons. The molecule has 0 amide bonds. The first-order valence-corrected chi connectivity index (χ1v) is 7.99. The second-order valence-electron chi connectivity index (χ2n) is 5.77. The largest absolute Gasteiger partial charge is 0.493 e. The van der Waals surface area contributed by atoms with Gasteiger partial charge in [-0.25, -0.2) is 0 Å². The van der Waals surface area contributed by atoms with Crippen molar-refractivity contribution in [3.05, 3.63) is 36.4 Å². The summed E-state index contributed by atoms with van der Waals surface area (Å²) in [5, 5.41) is 9.83. The number of hydrogen-bond acceptors (Lipinski definition) is 6. The number of likely N-dealkylation sites (tertiary alicyclic amines) is 1. The summed E-state index contributed by atoms with van der Waals surface area (Å²) < 4.78 is 15.8. The lowest BCUT2D eigenvalue weighted by Crippen LogP contribution is -2.48. The van der Waals surface area contributed by atoms with Gasteiger partial charge < -0.3 is 19.3 Å². The van der Waals surface area contributed by atoms with Crippen LogP contribution in [0.25, 0.3) is 0 Å². The molecule has 0 saturated carbocycles. The maximum atomic E-state index is 12.0. The molecule has 1 aromatic carbocycles. The van der Waals surface area contributed by atoms with Crippen molar-refractivity contribution in [1.29, 1.82) is 0 Å². The van der Waals surface area contributed by atoms with E-state index in [0.29, 0.717) is 44.0 Å². The molecule has 1 aliphatic rings. The van der Waals surface area contributed by atoms with Crippen molar-refractivity contribution in [3.8, 4) is 11.5 Å². The Kier molecular flexibility index (Phi) is 6.63. The molecule has 24 heavy (non-hydrogen) atoms. The molecule has 1 heterocycles. The summed E-state index contributed by atoms with van der Waals surface area (Å²) in [7, 11) is 2.96. The van der Waals surface area contributed by atoms with Gasteiger partial charge in [0.2, 0.25) is 0 Å². The number of piperidine rings is 1. The summed E-state index contributed by atoms with van der Waals surface area (Å²) in [5.74, 6) is 0.979. The fraction of sp³-hybridized carbons (Fsp3) is 0.500. The van der Waals surface area contributed by atoms with Crippen molar-refractivity contribution in [2.24, 2.45) is 0 Å². The lowest BCUT2D eigenvalue weighted by molar-refractivity contribution is -0.150. The SMILES string of the molecule is C=CCOc1ccc(CN2CC[C@@H](O)C[C@H]2C(=O)OC)cc1OC. The van der Waals surface area contributed by atoms with Gasteiger partial charge in [0, 0.05) is 13.1 Å². The Balaban J connectivity index is 2.13. The zero-order chi connectivity index (χ0) is 17.5. The highest BCUT2D eigenvalue weighted by molar-refractivity contribution is 5.75. The predicted molar refractivity (Wildman–Crippen MR) is 90.1 cm³/mol. The Morgan fingerprint density at radius 3 is 2.88 bits per heavy atom. The topological polar surface area (TPSA) is 68.2 Å². The molecule has 0 bridgehead atoms. The van der Waals surface area contributed by atoms with Crippen molar-refractivity contribution in [1.82, 2.24) is 4.90 Å². The molecule has 6 nitrogen and oxygen atoms in total. The van der Waals surface area contributed by atoms with Crippen LogP contribution in [0.1, 0.15) is 18.4 Å². The number of carbonyl (C=O) groups is 1. The zero-order valence-corrected chi connectivity index (χ0v) is 14.2. The number of carbonyl (C=O) groups excluding carboxylic acids is 1. The van der Waals surface area contributed by atoms with E-state index in [9.17, 15) is 9.90 Å². The summed E-state index contributed by atoms with van der Waals surface area (Å²) in [6.45, 7) is 5.25. The van der Waals surface area contributed by atoms with Gasteiger partial charge in [0.1, 0.15) is 12.6 Å². The normalized spacial score (nSPS) is 21.1. The van der Waals surface area contributed by atoms with Gasteiger partial charge in [0.15, 0.2) is 11.5 Å². The van der Waals surface area contributed by atoms with Crippen LogP contribution >= 0.6 is 0 Å². The molecule has 0 unspecified atom stereocenters. The van der Waals surface area contributed by atoms with E-state index in [1.54, 1.807) is 13.2 Å². The quantitative estimate of drug-likeness (QED) is 0.605. The van der Waals surface area contributed by atoms with Gasteiger partial charge in [0.05, 0.1) is 20.3 Å². The zero-order valence-electron chi connectivity index (χ0n) is 14.2. The van der Waals surface area contributed by atoms with Gasteiger partial charge in [-0.1, -0.05) is 18.7 Å². The molecule has 1 saturated heterocycles. The van der Waals surface area contributed by atoms with Crippen molar-refractivity contribution >= 4 is 5.97 Å². The molecular formula is C18H25NO5. The third-order valence-corrected chi connectivity index (χ3v) is 4.13. The van der Waals surface area contributed by atoms with E-state index >= 15 is 0 Å². The van der Waals surface area contributed by atoms with Crippen LogP contribution in [0.3, 0.4) is 0 Å². The smallest absolute Gasteiger partial charge is 0.323 e. The van der Waals surface area contributed by atoms with Crippen LogP contribution in [0, 0.1) is 0 Å². The summed E-state index contributed by atoms with van der Waals surface area (Å²) in [5.41, 5.74) is 1.00. The summed E-state index contributed by atoms with van der Waals surface area (Å²) >= 11 is 0. The Bertz CT molecular complexity index is 575. The molecule has 0 spiro atoms. The molecule has 1 fully saturated rings. The van der Waals surface area contributed by atoms with Crippen LogP contribution in [-0.4, -0.2) is 55.5 Å². The number of benzene rings is 1. The van der Waals surface area contributed by atoms with Gasteiger partial charge in [-0.05, 0) is 30.5 Å². The van der Waals surface area contributed by atoms with Crippen LogP contribution in [-0.2, 0) is 16.1 Å². The maximum Gasteiger partial charge on any atom is 0.323 e. The van der Waals surface area contributed by atoms with E-state index in [2.05, 4.69) is 6.58 Å². The molecule has 1 aliphatic heterocycles. The first kappa shape index (κ1) is 18.3. The lowest BCUT2D eigenvalue weighted by Gasteiger charge is -2.36. The molecule has 0 aromatic heterocycles. The van der Waals surface area contributed by atoms with Crippen molar-refractivity contribution < 1.29 is 24.1 Å². The number of hydrogen-bond donors (Lipinski definition) is 1. The highest BCUT2D eigenvalue weighted by atomic mass is 16.5. The minimum Gasteiger partial charge on any atom is -0.493 e. The molecule has 2 rings (SSSR count). The van der Waals surface area contributed by atoms with Crippen LogP contribution < -0.4 is 9.47 Å². The summed E-state index contributed by atoms with van der Waals surface area (Å²) in [4.78, 5) is 14.0. The van der Waals surface area contributed by atoms with Crippen molar-refractivity contribution in [3.63, 3.8) is 0 Å². The average Bonchev–Trinajstić information content (AvgIpc) is 2.61. The van der Waals surface area contributed by atoms with Crippen molar-refractivity contribution in [2.45, 2.75) is 31.5 Å². The highest BCUT2D eigenvalue weighted by Crippen LogP contribution is 2.30. The number of nitrogens with zero attached hydrogens (tertiary/aromatic N) is 1. The van der Waals surface area contributed by atoms with Gasteiger partial charge in [0.25, 0.3) is 0 Å². The number of ether oxygens (including phenoxy) is 3. The van der Waals surface area contributed by atoms with E-state index in [-0.39, 0.29) is 5.97 Å². The Morgan fingerprint density at radius 2 is 2.21 bits per heavy atom. The third kappa shape index (κ3) is 4.49. The van der Waals surface area contributed by atoms with Gasteiger partial charge >= 0.3 is 5.97 Å². The Labute approximate surface area is 142 Å². The van der Waals surface area contributed by atoms with E-state index < -0.39 is 12.1 Å². The monoisotopic (exact) mass is 335 g/mol.